The van der Waals surface area contributed by atoms with Crippen molar-refractivity contribution in [2.75, 3.05) is 44.2 Å². The number of aliphatic carboxylic acids is 1. The van der Waals surface area contributed by atoms with Crippen LogP contribution in [-0.4, -0.2) is 86.4 Å². The molecule has 2 aromatic heterocycles. The second-order valence-electron chi connectivity index (χ2n) is 9.49. The van der Waals surface area contributed by atoms with Crippen LogP contribution in [0.3, 0.4) is 0 Å². The fraction of sp³-hybridized carbons (Fsp3) is 0.444. The highest BCUT2D eigenvalue weighted by Crippen LogP contribution is 2.28. The number of hydrogen-bond donors (Lipinski definition) is 2. The second kappa shape index (κ2) is 12.9. The van der Waals surface area contributed by atoms with Crippen molar-refractivity contribution in [3.8, 4) is 23.6 Å². The molecule has 0 spiro atoms. The number of anilines is 1. The Bertz CT molecular complexity index is 1580. The summed E-state index contributed by atoms with van der Waals surface area (Å²) in [6.45, 7) is 6.82. The molecule has 12 nitrogen and oxygen atoms in total. The number of para-hydroxylation sites is 1. The van der Waals surface area contributed by atoms with Crippen LogP contribution in [-0.2, 0) is 18.4 Å². The Labute approximate surface area is 238 Å². The van der Waals surface area contributed by atoms with Crippen molar-refractivity contribution in [3.63, 3.8) is 0 Å². The van der Waals surface area contributed by atoms with Gasteiger partial charge in [0.1, 0.15) is 5.75 Å². The molecule has 0 radical (unpaired) electrons. The SMILES string of the molecule is CC#CCn1c(N2CCNCC2)nc2nc(Oc3ccccc3C(=O)N3CCCC3)n(C)c(=O)c21.O=C(O)C(F)(F)F. The molecular weight excluding hydrogens is 559 g/mol. The van der Waals surface area contributed by atoms with Crippen LogP contribution >= 0.6 is 0 Å². The standard InChI is InChI=1S/C25H29N7O3.C2HF3O2/c1-3-4-15-32-20-21(27-24(32)31-16-11-26-12-17-31)28-25(29(2)23(20)34)35-19-10-6-5-9-18(19)22(33)30-13-7-8-14-30;3-2(4,5)1(6)7/h5-6,9-10,26H,7-8,11-17H2,1-2H3;(H,6,7). The van der Waals surface area contributed by atoms with E-state index >= 15 is 0 Å². The van der Waals surface area contributed by atoms with Crippen LogP contribution < -0.4 is 20.5 Å². The Morgan fingerprint density at radius 2 is 1.74 bits per heavy atom. The van der Waals surface area contributed by atoms with Crippen molar-refractivity contribution in [3.05, 3.63) is 40.2 Å². The van der Waals surface area contributed by atoms with Gasteiger partial charge in [-0.15, -0.1) is 5.92 Å². The van der Waals surface area contributed by atoms with Crippen LogP contribution in [0.1, 0.15) is 30.1 Å². The molecule has 0 unspecified atom stereocenters. The van der Waals surface area contributed by atoms with Gasteiger partial charge in [-0.3, -0.25) is 18.7 Å². The maximum atomic E-state index is 13.5. The Morgan fingerprint density at radius 1 is 1.10 bits per heavy atom. The van der Waals surface area contributed by atoms with E-state index in [1.54, 1.807) is 32.2 Å². The molecule has 2 aliphatic heterocycles. The van der Waals surface area contributed by atoms with E-state index in [1.165, 1.54) is 4.57 Å². The summed E-state index contributed by atoms with van der Waals surface area (Å²) in [5.41, 5.74) is 0.865. The molecule has 5 rings (SSSR count). The largest absolute Gasteiger partial charge is 0.490 e. The predicted octanol–water partition coefficient (Wildman–Crippen LogP) is 2.22. The van der Waals surface area contributed by atoms with Crippen molar-refractivity contribution < 1.29 is 32.6 Å². The topological polar surface area (TPSA) is 135 Å². The first kappa shape index (κ1) is 30.4. The lowest BCUT2D eigenvalue weighted by Crippen LogP contribution is -2.44. The van der Waals surface area contributed by atoms with Gasteiger partial charge in [0, 0.05) is 46.3 Å². The lowest BCUT2D eigenvalue weighted by atomic mass is 10.2. The number of imidazole rings is 1. The third-order valence-electron chi connectivity index (χ3n) is 6.69. The zero-order valence-corrected chi connectivity index (χ0v) is 23.1. The van der Waals surface area contributed by atoms with Gasteiger partial charge >= 0.3 is 18.2 Å². The van der Waals surface area contributed by atoms with Crippen LogP contribution in [0.5, 0.6) is 11.8 Å². The number of carbonyl (C=O) groups excluding carboxylic acids is 1. The molecule has 2 saturated heterocycles. The smallest absolute Gasteiger partial charge is 0.475 e. The van der Waals surface area contributed by atoms with Gasteiger partial charge in [-0.2, -0.15) is 23.1 Å². The Balaban J connectivity index is 0.000000517. The van der Waals surface area contributed by atoms with Gasteiger partial charge in [0.15, 0.2) is 11.2 Å². The zero-order valence-electron chi connectivity index (χ0n) is 23.1. The van der Waals surface area contributed by atoms with Gasteiger partial charge in [-0.25, -0.2) is 4.79 Å². The van der Waals surface area contributed by atoms with Crippen LogP contribution in [0.15, 0.2) is 29.1 Å². The number of likely N-dealkylation sites (tertiary alicyclic amines) is 1. The summed E-state index contributed by atoms with van der Waals surface area (Å²) < 4.78 is 41.0. The molecule has 2 aliphatic rings. The van der Waals surface area contributed by atoms with E-state index in [4.69, 9.17) is 19.6 Å². The third kappa shape index (κ3) is 6.65. The highest BCUT2D eigenvalue weighted by Gasteiger charge is 2.38. The summed E-state index contributed by atoms with van der Waals surface area (Å²) in [7, 11) is 1.61. The number of amides is 1. The van der Waals surface area contributed by atoms with Gasteiger partial charge in [0.25, 0.3) is 11.5 Å². The molecule has 224 valence electrons. The predicted molar refractivity (Wildman–Crippen MR) is 147 cm³/mol. The number of nitrogens with one attached hydrogen (secondary N) is 1. The molecule has 1 aromatic carbocycles. The highest BCUT2D eigenvalue weighted by atomic mass is 19.4. The number of carbonyl (C=O) groups is 2. The van der Waals surface area contributed by atoms with E-state index in [-0.39, 0.29) is 17.5 Å². The van der Waals surface area contributed by atoms with E-state index in [1.807, 2.05) is 15.5 Å². The summed E-state index contributed by atoms with van der Waals surface area (Å²) in [6.07, 6.45) is -3.08. The second-order valence-corrected chi connectivity index (χ2v) is 9.49. The molecule has 42 heavy (non-hydrogen) atoms. The number of ether oxygens (including phenoxy) is 1. The number of halogens is 3. The molecule has 2 fully saturated rings. The summed E-state index contributed by atoms with van der Waals surface area (Å²) in [6, 6.07) is 7.16. The third-order valence-corrected chi connectivity index (χ3v) is 6.69. The van der Waals surface area contributed by atoms with Crippen LogP contribution in [0.2, 0.25) is 0 Å². The number of nitrogens with zero attached hydrogens (tertiary/aromatic N) is 6. The Morgan fingerprint density at radius 3 is 2.36 bits per heavy atom. The molecule has 0 bridgehead atoms. The summed E-state index contributed by atoms with van der Waals surface area (Å²) in [4.78, 5) is 48.7. The van der Waals surface area contributed by atoms with Gasteiger partial charge in [-0.05, 0) is 31.9 Å². The maximum absolute atomic E-state index is 13.5. The minimum absolute atomic E-state index is 0.0763. The van der Waals surface area contributed by atoms with Gasteiger partial charge < -0.3 is 25.0 Å². The lowest BCUT2D eigenvalue weighted by molar-refractivity contribution is -0.192. The zero-order chi connectivity index (χ0) is 30.4. The van der Waals surface area contributed by atoms with Gasteiger partial charge in [-0.1, -0.05) is 18.1 Å². The molecule has 4 heterocycles. The molecule has 3 aromatic rings. The van der Waals surface area contributed by atoms with Crippen molar-refractivity contribution >= 4 is 29.0 Å². The van der Waals surface area contributed by atoms with Crippen molar-refractivity contribution in [2.24, 2.45) is 7.05 Å². The fourth-order valence-electron chi connectivity index (χ4n) is 4.56. The van der Waals surface area contributed by atoms with E-state index < -0.39 is 12.1 Å². The van der Waals surface area contributed by atoms with E-state index in [0.29, 0.717) is 35.0 Å². The van der Waals surface area contributed by atoms with Crippen LogP contribution in [0.4, 0.5) is 19.1 Å². The number of piperazine rings is 1. The molecule has 0 aliphatic carbocycles. The molecule has 1 amide bonds. The number of carboxylic acid groups (broad SMARTS) is 1. The van der Waals surface area contributed by atoms with Gasteiger partial charge in [0.05, 0.1) is 12.1 Å². The number of alkyl halides is 3. The molecule has 2 N–H and O–H groups in total. The maximum Gasteiger partial charge on any atom is 0.490 e. The normalized spacial score (nSPS) is 15.1. The van der Waals surface area contributed by atoms with E-state index in [2.05, 4.69) is 27.0 Å². The summed E-state index contributed by atoms with van der Waals surface area (Å²) in [5.74, 6) is 4.16. The summed E-state index contributed by atoms with van der Waals surface area (Å²) in [5, 5.41) is 10.5. The van der Waals surface area contributed by atoms with Crippen molar-refractivity contribution in [1.29, 1.82) is 0 Å². The highest BCUT2D eigenvalue weighted by molar-refractivity contribution is 5.97. The van der Waals surface area contributed by atoms with Crippen molar-refractivity contribution in [1.82, 2.24) is 29.3 Å². The minimum atomic E-state index is -5.08. The molecule has 0 atom stereocenters. The average molecular weight is 590 g/mol. The number of carboxylic acids is 1. The van der Waals surface area contributed by atoms with Crippen LogP contribution in [0, 0.1) is 11.8 Å². The van der Waals surface area contributed by atoms with Crippen molar-refractivity contribution in [2.45, 2.75) is 32.5 Å². The first-order valence-electron chi connectivity index (χ1n) is 13.2. The molecule has 15 heteroatoms. The van der Waals surface area contributed by atoms with Crippen LogP contribution in [0.25, 0.3) is 11.2 Å². The minimum Gasteiger partial charge on any atom is -0.475 e. The monoisotopic (exact) mass is 589 g/mol. The fourth-order valence-corrected chi connectivity index (χ4v) is 4.56. The summed E-state index contributed by atoms with van der Waals surface area (Å²) >= 11 is 0. The lowest BCUT2D eigenvalue weighted by Gasteiger charge is -2.28. The number of aromatic nitrogens is 4. The number of fused-ring (bicyclic) bond motifs is 1. The molecular formula is C27H30F3N7O5. The number of rotatable bonds is 5. The number of benzene rings is 1. The Kier molecular flexibility index (Phi) is 9.36. The number of hydrogen-bond acceptors (Lipinski definition) is 8. The quantitative estimate of drug-likeness (QED) is 0.430. The Hall–Kier alpha value is -4.58. The van der Waals surface area contributed by atoms with Gasteiger partial charge in [0.2, 0.25) is 5.95 Å². The van der Waals surface area contributed by atoms with E-state index in [0.717, 1.165) is 52.1 Å². The average Bonchev–Trinajstić information content (AvgIpc) is 3.64. The first-order valence-corrected chi connectivity index (χ1v) is 13.2. The first-order chi connectivity index (χ1) is 20.0. The van der Waals surface area contributed by atoms with E-state index in [9.17, 15) is 22.8 Å². The molecule has 0 saturated carbocycles.